The number of carbonyl (C=O) groups is 2. The molecule has 1 amide bonds. The number of hydrogen-bond acceptors (Lipinski definition) is 4. The Labute approximate surface area is 124 Å². The molecule has 0 spiro atoms. The summed E-state index contributed by atoms with van der Waals surface area (Å²) in [6.07, 6.45) is 2.43. The zero-order valence-electron chi connectivity index (χ0n) is 11.9. The van der Waals surface area contributed by atoms with E-state index in [0.717, 1.165) is 31.6 Å². The van der Waals surface area contributed by atoms with Crippen LogP contribution < -0.4 is 5.32 Å². The second-order valence-corrected chi connectivity index (χ2v) is 4.71. The fraction of sp³-hybridized carbons (Fsp3) is 0.200. The molecule has 1 atom stereocenters. The standard InChI is InChI=1S/C15H13F2NO4/c1-15(14(20)21-2,11-7-10(16)3-4-12(11)17)18-13(19)9-5-6-22-8-9/h3-8H,1-2H3,(H,18,19)/t15-/m0/s1. The van der Waals surface area contributed by atoms with Crippen molar-refractivity contribution in [2.75, 3.05) is 7.11 Å². The topological polar surface area (TPSA) is 68.5 Å². The molecule has 0 radical (unpaired) electrons. The van der Waals surface area contributed by atoms with Crippen LogP contribution in [0.1, 0.15) is 22.8 Å². The number of carbonyl (C=O) groups excluding carboxylic acids is 2. The molecule has 0 aliphatic carbocycles. The van der Waals surface area contributed by atoms with Crippen molar-refractivity contribution in [3.63, 3.8) is 0 Å². The van der Waals surface area contributed by atoms with Crippen molar-refractivity contribution in [1.82, 2.24) is 5.32 Å². The van der Waals surface area contributed by atoms with Crippen LogP contribution in [0.2, 0.25) is 0 Å². The first-order valence-corrected chi connectivity index (χ1v) is 6.27. The van der Waals surface area contributed by atoms with E-state index in [1.807, 2.05) is 0 Å². The van der Waals surface area contributed by atoms with Crippen LogP contribution >= 0.6 is 0 Å². The second kappa shape index (κ2) is 5.97. The molecule has 0 saturated carbocycles. The van der Waals surface area contributed by atoms with E-state index in [1.165, 1.54) is 19.3 Å². The van der Waals surface area contributed by atoms with Crippen molar-refractivity contribution >= 4 is 11.9 Å². The van der Waals surface area contributed by atoms with Crippen molar-refractivity contribution in [1.29, 1.82) is 0 Å². The lowest BCUT2D eigenvalue weighted by atomic mass is 9.91. The lowest BCUT2D eigenvalue weighted by molar-refractivity contribution is -0.148. The largest absolute Gasteiger partial charge is 0.472 e. The summed E-state index contributed by atoms with van der Waals surface area (Å²) in [4.78, 5) is 24.2. The Bertz CT molecular complexity index is 700. The molecule has 0 saturated heterocycles. The zero-order chi connectivity index (χ0) is 16.3. The summed E-state index contributed by atoms with van der Waals surface area (Å²) in [5, 5.41) is 2.35. The van der Waals surface area contributed by atoms with Gasteiger partial charge in [-0.2, -0.15) is 0 Å². The molecule has 7 heteroatoms. The average molecular weight is 309 g/mol. The third-order valence-corrected chi connectivity index (χ3v) is 3.21. The minimum atomic E-state index is -1.89. The molecule has 2 rings (SSSR count). The Morgan fingerprint density at radius 1 is 1.27 bits per heavy atom. The van der Waals surface area contributed by atoms with E-state index >= 15 is 0 Å². The molecule has 0 aliphatic rings. The van der Waals surface area contributed by atoms with Gasteiger partial charge in [0.2, 0.25) is 0 Å². The van der Waals surface area contributed by atoms with Crippen molar-refractivity contribution in [3.8, 4) is 0 Å². The molecule has 22 heavy (non-hydrogen) atoms. The smallest absolute Gasteiger partial charge is 0.336 e. The fourth-order valence-electron chi connectivity index (χ4n) is 2.01. The molecule has 1 N–H and O–H groups in total. The first-order valence-electron chi connectivity index (χ1n) is 6.27. The van der Waals surface area contributed by atoms with Gasteiger partial charge in [-0.15, -0.1) is 0 Å². The predicted octanol–water partition coefficient (Wildman–Crippen LogP) is 2.38. The lowest BCUT2D eigenvalue weighted by Crippen LogP contribution is -2.50. The van der Waals surface area contributed by atoms with Crippen molar-refractivity contribution in [2.24, 2.45) is 0 Å². The van der Waals surface area contributed by atoms with E-state index in [9.17, 15) is 18.4 Å². The molecular weight excluding hydrogens is 296 g/mol. The highest BCUT2D eigenvalue weighted by Crippen LogP contribution is 2.26. The minimum absolute atomic E-state index is 0.131. The second-order valence-electron chi connectivity index (χ2n) is 4.71. The van der Waals surface area contributed by atoms with Gasteiger partial charge >= 0.3 is 5.97 Å². The molecule has 1 aromatic carbocycles. The van der Waals surface area contributed by atoms with Crippen LogP contribution in [0.4, 0.5) is 8.78 Å². The van der Waals surface area contributed by atoms with Crippen LogP contribution in [-0.4, -0.2) is 19.0 Å². The third-order valence-electron chi connectivity index (χ3n) is 3.21. The normalized spacial score (nSPS) is 13.3. The predicted molar refractivity (Wildman–Crippen MR) is 71.9 cm³/mol. The highest BCUT2D eigenvalue weighted by Gasteiger charge is 2.41. The molecule has 2 aromatic rings. The number of methoxy groups -OCH3 is 1. The maximum absolute atomic E-state index is 14.0. The monoisotopic (exact) mass is 309 g/mol. The van der Waals surface area contributed by atoms with Crippen molar-refractivity contribution in [2.45, 2.75) is 12.5 Å². The maximum atomic E-state index is 14.0. The summed E-state index contributed by atoms with van der Waals surface area (Å²) in [5.74, 6) is -3.22. The van der Waals surface area contributed by atoms with Gasteiger partial charge in [-0.3, -0.25) is 4.79 Å². The first kappa shape index (κ1) is 15.7. The van der Waals surface area contributed by atoms with Gasteiger partial charge in [-0.05, 0) is 31.2 Å². The van der Waals surface area contributed by atoms with Crippen molar-refractivity contribution in [3.05, 3.63) is 59.6 Å². The minimum Gasteiger partial charge on any atom is -0.472 e. The number of amides is 1. The van der Waals surface area contributed by atoms with Gasteiger partial charge in [0.25, 0.3) is 5.91 Å². The third kappa shape index (κ3) is 2.83. The Hall–Kier alpha value is -2.70. The lowest BCUT2D eigenvalue weighted by Gasteiger charge is -2.28. The van der Waals surface area contributed by atoms with Gasteiger partial charge in [0, 0.05) is 5.56 Å². The summed E-state index contributed by atoms with van der Waals surface area (Å²) in [5.41, 5.74) is -2.10. The van der Waals surface area contributed by atoms with E-state index in [2.05, 4.69) is 10.1 Å². The molecule has 0 aliphatic heterocycles. The molecule has 0 unspecified atom stereocenters. The van der Waals surface area contributed by atoms with Gasteiger partial charge in [-0.1, -0.05) is 0 Å². The van der Waals surface area contributed by atoms with Gasteiger partial charge in [0.1, 0.15) is 17.9 Å². The molecule has 1 heterocycles. The van der Waals surface area contributed by atoms with Crippen LogP contribution in [0.5, 0.6) is 0 Å². The number of benzene rings is 1. The van der Waals surface area contributed by atoms with E-state index in [1.54, 1.807) is 0 Å². The molecule has 0 bridgehead atoms. The molecule has 1 aromatic heterocycles. The number of hydrogen-bond donors (Lipinski definition) is 1. The Kier molecular flexibility index (Phi) is 4.25. The Morgan fingerprint density at radius 3 is 2.59 bits per heavy atom. The Balaban J connectivity index is 2.46. The number of rotatable bonds is 4. The fourth-order valence-corrected chi connectivity index (χ4v) is 2.01. The molecule has 0 fully saturated rings. The van der Waals surface area contributed by atoms with Gasteiger partial charge < -0.3 is 14.5 Å². The van der Waals surface area contributed by atoms with Crippen LogP contribution in [0.15, 0.2) is 41.2 Å². The zero-order valence-corrected chi connectivity index (χ0v) is 11.9. The summed E-state index contributed by atoms with van der Waals surface area (Å²) >= 11 is 0. The SMILES string of the molecule is COC(=O)[C@@](C)(NC(=O)c1ccoc1)c1cc(F)ccc1F. The number of halogens is 2. The summed E-state index contributed by atoms with van der Waals surface area (Å²) in [6.45, 7) is 1.23. The van der Waals surface area contributed by atoms with Gasteiger partial charge in [-0.25, -0.2) is 13.6 Å². The summed E-state index contributed by atoms with van der Waals surface area (Å²) in [6, 6.07) is 3.99. The molecule has 116 valence electrons. The summed E-state index contributed by atoms with van der Waals surface area (Å²) < 4.78 is 36.8. The number of furan rings is 1. The van der Waals surface area contributed by atoms with Crippen LogP contribution in [0.25, 0.3) is 0 Å². The molecule has 5 nitrogen and oxygen atoms in total. The van der Waals surface area contributed by atoms with E-state index < -0.39 is 29.0 Å². The number of nitrogens with one attached hydrogen (secondary N) is 1. The van der Waals surface area contributed by atoms with Gasteiger partial charge in [0.15, 0.2) is 5.54 Å². The van der Waals surface area contributed by atoms with Crippen LogP contribution in [0.3, 0.4) is 0 Å². The van der Waals surface area contributed by atoms with Crippen LogP contribution in [0, 0.1) is 11.6 Å². The van der Waals surface area contributed by atoms with Crippen LogP contribution in [-0.2, 0) is 15.1 Å². The van der Waals surface area contributed by atoms with Crippen molar-refractivity contribution < 1.29 is 27.5 Å². The highest BCUT2D eigenvalue weighted by atomic mass is 19.1. The van der Waals surface area contributed by atoms with E-state index in [0.29, 0.717) is 0 Å². The quantitative estimate of drug-likeness (QED) is 0.880. The van der Waals surface area contributed by atoms with E-state index in [4.69, 9.17) is 4.42 Å². The molecular formula is C15H13F2NO4. The van der Waals surface area contributed by atoms with Gasteiger partial charge in [0.05, 0.1) is 18.9 Å². The first-order chi connectivity index (χ1) is 10.4. The Morgan fingerprint density at radius 2 is 2.00 bits per heavy atom. The highest BCUT2D eigenvalue weighted by molar-refractivity contribution is 5.98. The summed E-state index contributed by atoms with van der Waals surface area (Å²) in [7, 11) is 1.09. The van der Waals surface area contributed by atoms with E-state index in [-0.39, 0.29) is 11.1 Å². The number of ether oxygens (including phenoxy) is 1. The number of esters is 1. The average Bonchev–Trinajstić information content (AvgIpc) is 3.03. The maximum Gasteiger partial charge on any atom is 0.336 e.